The molecule has 100 valence electrons. The summed E-state index contributed by atoms with van der Waals surface area (Å²) in [7, 11) is 1.46. The van der Waals surface area contributed by atoms with Crippen LogP contribution in [0.25, 0.3) is 0 Å². The van der Waals surface area contributed by atoms with Crippen LogP contribution in [0.4, 0.5) is 0 Å². The van der Waals surface area contributed by atoms with Crippen LogP contribution in [0, 0.1) is 5.92 Å². The van der Waals surface area contributed by atoms with Crippen LogP contribution in [0.1, 0.15) is 33.6 Å². The molecule has 0 amide bonds. The van der Waals surface area contributed by atoms with E-state index in [2.05, 4.69) is 25.7 Å². The maximum absolute atomic E-state index is 11.5. The van der Waals surface area contributed by atoms with Gasteiger partial charge in [0.2, 0.25) is 0 Å². The Labute approximate surface area is 104 Å². The predicted molar refractivity (Wildman–Crippen MR) is 66.9 cm³/mol. The highest BCUT2D eigenvalue weighted by Crippen LogP contribution is 2.17. The van der Waals surface area contributed by atoms with Crippen LogP contribution < -0.4 is 0 Å². The smallest absolute Gasteiger partial charge is 0.309 e. The third-order valence-corrected chi connectivity index (χ3v) is 2.98. The summed E-state index contributed by atoms with van der Waals surface area (Å²) in [5.41, 5.74) is -0.0858. The summed E-state index contributed by atoms with van der Waals surface area (Å²) in [6.07, 6.45) is 2.01. The fraction of sp³-hybridized carbons (Fsp3) is 0.923. The Kier molecular flexibility index (Phi) is 5.40. The van der Waals surface area contributed by atoms with Gasteiger partial charge in [-0.2, -0.15) is 0 Å². The minimum absolute atomic E-state index is 0.0448. The average Bonchev–Trinajstić information content (AvgIpc) is 2.27. The van der Waals surface area contributed by atoms with Gasteiger partial charge in [-0.25, -0.2) is 0 Å². The highest BCUT2D eigenvalue weighted by atomic mass is 16.5. The molecule has 0 saturated carbocycles. The molecule has 1 rings (SSSR count). The lowest BCUT2D eigenvalue weighted by atomic mass is 9.98. The quantitative estimate of drug-likeness (QED) is 0.704. The first kappa shape index (κ1) is 14.5. The molecule has 0 radical (unpaired) electrons. The molecule has 0 unspecified atom stereocenters. The Morgan fingerprint density at radius 2 is 2.12 bits per heavy atom. The molecular weight excluding hydrogens is 218 g/mol. The summed E-state index contributed by atoms with van der Waals surface area (Å²) in [5.74, 6) is -0.0326. The molecule has 4 heteroatoms. The summed E-state index contributed by atoms with van der Waals surface area (Å²) in [5, 5.41) is 0. The summed E-state index contributed by atoms with van der Waals surface area (Å²) >= 11 is 0. The van der Waals surface area contributed by atoms with E-state index in [4.69, 9.17) is 9.47 Å². The highest BCUT2D eigenvalue weighted by Gasteiger charge is 2.26. The Hall–Kier alpha value is -0.610. The van der Waals surface area contributed by atoms with Crippen LogP contribution in [0.2, 0.25) is 0 Å². The van der Waals surface area contributed by atoms with Gasteiger partial charge in [0.25, 0.3) is 0 Å². The summed E-state index contributed by atoms with van der Waals surface area (Å²) in [6, 6.07) is 0. The molecule has 0 aliphatic carbocycles. The van der Waals surface area contributed by atoms with Gasteiger partial charge in [0.15, 0.2) is 0 Å². The van der Waals surface area contributed by atoms with Crippen molar-refractivity contribution >= 4 is 5.97 Å². The lowest BCUT2D eigenvalue weighted by Gasteiger charge is -2.32. The molecule has 0 bridgehead atoms. The van der Waals surface area contributed by atoms with Crippen LogP contribution in [0.3, 0.4) is 0 Å². The summed E-state index contributed by atoms with van der Waals surface area (Å²) < 4.78 is 10.5. The zero-order valence-corrected chi connectivity index (χ0v) is 11.5. The van der Waals surface area contributed by atoms with Gasteiger partial charge in [0, 0.05) is 13.1 Å². The number of methoxy groups -OCH3 is 1. The lowest BCUT2D eigenvalue weighted by molar-refractivity contribution is -0.147. The largest absolute Gasteiger partial charge is 0.469 e. The topological polar surface area (TPSA) is 38.8 Å². The van der Waals surface area contributed by atoms with Crippen LogP contribution in [0.5, 0.6) is 0 Å². The minimum atomic E-state index is -0.0858. The van der Waals surface area contributed by atoms with Crippen molar-refractivity contribution in [1.82, 2.24) is 4.90 Å². The summed E-state index contributed by atoms with van der Waals surface area (Å²) in [4.78, 5) is 13.8. The third kappa shape index (κ3) is 5.50. The standard InChI is InChI=1S/C13H25NO3/c1-13(2,3)17-9-8-14-7-5-6-11(10-14)12(15)16-4/h11H,5-10H2,1-4H3/t11-/m0/s1. The predicted octanol–water partition coefficient (Wildman–Crippen LogP) is 1.69. The number of carbonyl (C=O) groups excluding carboxylic acids is 1. The van der Waals surface area contributed by atoms with Crippen molar-refractivity contribution in [2.75, 3.05) is 33.4 Å². The number of ether oxygens (including phenoxy) is 2. The lowest BCUT2D eigenvalue weighted by Crippen LogP contribution is -2.41. The van der Waals surface area contributed by atoms with Crippen molar-refractivity contribution < 1.29 is 14.3 Å². The Balaban J connectivity index is 2.28. The molecule has 0 aromatic carbocycles. The number of rotatable bonds is 4. The van der Waals surface area contributed by atoms with E-state index in [-0.39, 0.29) is 17.5 Å². The molecular formula is C13H25NO3. The molecule has 1 aliphatic heterocycles. The van der Waals surface area contributed by atoms with Gasteiger partial charge < -0.3 is 14.4 Å². The van der Waals surface area contributed by atoms with Gasteiger partial charge in [-0.1, -0.05) is 0 Å². The Morgan fingerprint density at radius 1 is 1.41 bits per heavy atom. The van der Waals surface area contributed by atoms with E-state index in [1.807, 2.05) is 0 Å². The Bertz CT molecular complexity index is 248. The van der Waals surface area contributed by atoms with E-state index < -0.39 is 0 Å². The molecule has 0 N–H and O–H groups in total. The third-order valence-electron chi connectivity index (χ3n) is 2.98. The zero-order chi connectivity index (χ0) is 12.9. The van der Waals surface area contributed by atoms with Gasteiger partial charge in [-0.3, -0.25) is 4.79 Å². The van der Waals surface area contributed by atoms with E-state index >= 15 is 0 Å². The fourth-order valence-electron chi connectivity index (χ4n) is 2.10. The molecule has 0 spiro atoms. The number of esters is 1. The second-order valence-electron chi connectivity index (χ2n) is 5.62. The molecule has 1 atom stereocenters. The minimum Gasteiger partial charge on any atom is -0.469 e. The van der Waals surface area contributed by atoms with Crippen molar-refractivity contribution in [2.45, 2.75) is 39.2 Å². The van der Waals surface area contributed by atoms with E-state index in [1.165, 1.54) is 7.11 Å². The first-order valence-electron chi connectivity index (χ1n) is 6.36. The van der Waals surface area contributed by atoms with Crippen molar-refractivity contribution in [3.63, 3.8) is 0 Å². The molecule has 0 aromatic rings. The Morgan fingerprint density at radius 3 is 2.71 bits per heavy atom. The van der Waals surface area contributed by atoms with Crippen molar-refractivity contribution in [3.05, 3.63) is 0 Å². The monoisotopic (exact) mass is 243 g/mol. The van der Waals surface area contributed by atoms with E-state index in [1.54, 1.807) is 0 Å². The van der Waals surface area contributed by atoms with Crippen molar-refractivity contribution in [1.29, 1.82) is 0 Å². The number of piperidine rings is 1. The van der Waals surface area contributed by atoms with E-state index in [0.29, 0.717) is 0 Å². The molecule has 1 fully saturated rings. The number of hydrogen-bond acceptors (Lipinski definition) is 4. The maximum Gasteiger partial charge on any atom is 0.309 e. The van der Waals surface area contributed by atoms with E-state index in [0.717, 1.165) is 39.1 Å². The van der Waals surface area contributed by atoms with E-state index in [9.17, 15) is 4.79 Å². The fourth-order valence-corrected chi connectivity index (χ4v) is 2.10. The molecule has 1 saturated heterocycles. The van der Waals surface area contributed by atoms with Crippen molar-refractivity contribution in [3.8, 4) is 0 Å². The first-order chi connectivity index (χ1) is 7.92. The van der Waals surface area contributed by atoms with Gasteiger partial charge in [0.05, 0.1) is 25.2 Å². The average molecular weight is 243 g/mol. The number of likely N-dealkylation sites (tertiary alicyclic amines) is 1. The van der Waals surface area contributed by atoms with Crippen LogP contribution >= 0.6 is 0 Å². The summed E-state index contributed by atoms with van der Waals surface area (Å²) in [6.45, 7) is 9.64. The van der Waals surface area contributed by atoms with Crippen molar-refractivity contribution in [2.24, 2.45) is 5.92 Å². The normalized spacial score (nSPS) is 22.5. The second kappa shape index (κ2) is 6.36. The molecule has 0 aromatic heterocycles. The van der Waals surface area contributed by atoms with Crippen LogP contribution in [0.15, 0.2) is 0 Å². The zero-order valence-electron chi connectivity index (χ0n) is 11.5. The number of hydrogen-bond donors (Lipinski definition) is 0. The highest BCUT2D eigenvalue weighted by molar-refractivity contribution is 5.72. The van der Waals surface area contributed by atoms with Crippen LogP contribution in [-0.2, 0) is 14.3 Å². The molecule has 1 aliphatic rings. The molecule has 4 nitrogen and oxygen atoms in total. The second-order valence-corrected chi connectivity index (χ2v) is 5.62. The van der Waals surface area contributed by atoms with Gasteiger partial charge in [-0.15, -0.1) is 0 Å². The van der Waals surface area contributed by atoms with Gasteiger partial charge >= 0.3 is 5.97 Å². The molecule has 1 heterocycles. The van der Waals surface area contributed by atoms with Gasteiger partial charge in [0.1, 0.15) is 0 Å². The first-order valence-corrected chi connectivity index (χ1v) is 6.36. The SMILES string of the molecule is COC(=O)[C@H]1CCCN(CCOC(C)(C)C)C1. The number of carbonyl (C=O) groups is 1. The van der Waals surface area contributed by atoms with Crippen LogP contribution in [-0.4, -0.2) is 49.8 Å². The molecule has 17 heavy (non-hydrogen) atoms. The number of nitrogens with zero attached hydrogens (tertiary/aromatic N) is 1. The van der Waals surface area contributed by atoms with Gasteiger partial charge in [-0.05, 0) is 40.2 Å². The maximum atomic E-state index is 11.5.